The highest BCUT2D eigenvalue weighted by atomic mass is 16.1. The van der Waals surface area contributed by atoms with Crippen LogP contribution in [-0.4, -0.2) is 38.0 Å². The number of nitrogens with two attached hydrogens (primary N) is 1. The molecule has 20 heavy (non-hydrogen) atoms. The van der Waals surface area contributed by atoms with E-state index < -0.39 is 0 Å². The topological polar surface area (TPSA) is 58.4 Å². The molecule has 0 heterocycles. The van der Waals surface area contributed by atoms with Gasteiger partial charge in [0.2, 0.25) is 5.91 Å². The highest BCUT2D eigenvalue weighted by molar-refractivity contribution is 5.75. The van der Waals surface area contributed by atoms with Gasteiger partial charge in [-0.15, -0.1) is 0 Å². The van der Waals surface area contributed by atoms with Gasteiger partial charge in [-0.25, -0.2) is 0 Å². The fourth-order valence-electron chi connectivity index (χ4n) is 2.02. The van der Waals surface area contributed by atoms with Crippen molar-refractivity contribution in [2.24, 2.45) is 5.73 Å². The number of hydrogen-bond acceptors (Lipinski definition) is 3. The van der Waals surface area contributed by atoms with E-state index in [1.165, 1.54) is 0 Å². The normalized spacial score (nSPS) is 12.4. The van der Waals surface area contributed by atoms with Crippen LogP contribution < -0.4 is 11.1 Å². The summed E-state index contributed by atoms with van der Waals surface area (Å²) in [5.74, 6) is 0.0984. The van der Waals surface area contributed by atoms with Gasteiger partial charge in [-0.3, -0.25) is 4.79 Å². The second kappa shape index (κ2) is 9.50. The summed E-state index contributed by atoms with van der Waals surface area (Å²) in [5.41, 5.74) is 7.16. The average Bonchev–Trinajstić information content (AvgIpc) is 2.45. The van der Waals surface area contributed by atoms with Crippen LogP contribution in [0.2, 0.25) is 0 Å². The average molecular weight is 277 g/mol. The zero-order chi connectivity index (χ0) is 14.8. The summed E-state index contributed by atoms with van der Waals surface area (Å²) in [4.78, 5) is 13.9. The minimum absolute atomic E-state index is 0.0595. The van der Waals surface area contributed by atoms with Crippen molar-refractivity contribution < 1.29 is 4.79 Å². The minimum atomic E-state index is -0.0595. The third-order valence-electron chi connectivity index (χ3n) is 3.26. The number of benzene rings is 1. The van der Waals surface area contributed by atoms with Crippen molar-refractivity contribution in [3.8, 4) is 0 Å². The van der Waals surface area contributed by atoms with Crippen molar-refractivity contribution in [1.82, 2.24) is 10.2 Å². The number of rotatable bonds is 9. The number of amides is 1. The molecular weight excluding hydrogens is 250 g/mol. The van der Waals surface area contributed by atoms with Gasteiger partial charge >= 0.3 is 0 Å². The van der Waals surface area contributed by atoms with E-state index in [1.807, 2.05) is 30.3 Å². The summed E-state index contributed by atoms with van der Waals surface area (Å²) < 4.78 is 0. The van der Waals surface area contributed by atoms with Crippen LogP contribution in [-0.2, 0) is 4.79 Å². The Hall–Kier alpha value is -1.39. The minimum Gasteiger partial charge on any atom is -0.356 e. The molecule has 112 valence electrons. The molecule has 4 nitrogen and oxygen atoms in total. The quantitative estimate of drug-likeness (QED) is 0.678. The Bertz CT molecular complexity index is 379. The largest absolute Gasteiger partial charge is 0.356 e. The molecule has 0 bridgehead atoms. The van der Waals surface area contributed by atoms with E-state index in [-0.39, 0.29) is 11.9 Å². The second-order valence-corrected chi connectivity index (χ2v) is 5.42. The van der Waals surface area contributed by atoms with Crippen LogP contribution in [0.25, 0.3) is 0 Å². The first-order valence-electron chi connectivity index (χ1n) is 7.31. The van der Waals surface area contributed by atoms with Gasteiger partial charge in [0.1, 0.15) is 0 Å². The molecule has 0 radical (unpaired) electrons. The Kier molecular flexibility index (Phi) is 7.92. The summed E-state index contributed by atoms with van der Waals surface area (Å²) in [6, 6.07) is 9.86. The number of carbonyl (C=O) groups is 1. The van der Waals surface area contributed by atoms with Crippen molar-refractivity contribution in [3.63, 3.8) is 0 Å². The third-order valence-corrected chi connectivity index (χ3v) is 3.26. The van der Waals surface area contributed by atoms with E-state index in [0.29, 0.717) is 12.8 Å². The molecule has 0 fully saturated rings. The summed E-state index contributed by atoms with van der Waals surface area (Å²) in [5, 5.41) is 2.95. The Labute approximate surface area is 122 Å². The summed E-state index contributed by atoms with van der Waals surface area (Å²) in [6.07, 6.45) is 3.31. The molecule has 4 heteroatoms. The van der Waals surface area contributed by atoms with E-state index in [2.05, 4.69) is 24.3 Å². The van der Waals surface area contributed by atoms with E-state index in [9.17, 15) is 4.79 Å². The molecular formula is C16H27N3O. The first-order valence-corrected chi connectivity index (χ1v) is 7.31. The van der Waals surface area contributed by atoms with Gasteiger partial charge in [0.25, 0.3) is 0 Å². The summed E-state index contributed by atoms with van der Waals surface area (Å²) in [6.45, 7) is 1.82. The highest BCUT2D eigenvalue weighted by Gasteiger charge is 2.08. The number of nitrogens with one attached hydrogen (secondary N) is 1. The fraction of sp³-hybridized carbons (Fsp3) is 0.562. The lowest BCUT2D eigenvalue weighted by atomic mass is 10.0. The first kappa shape index (κ1) is 16.7. The molecule has 1 amide bonds. The zero-order valence-corrected chi connectivity index (χ0v) is 12.6. The van der Waals surface area contributed by atoms with Crippen LogP contribution >= 0.6 is 0 Å². The van der Waals surface area contributed by atoms with Gasteiger partial charge in [-0.05, 0) is 45.5 Å². The molecule has 1 aromatic carbocycles. The third kappa shape index (κ3) is 7.26. The van der Waals surface area contributed by atoms with Crippen LogP contribution in [0.4, 0.5) is 0 Å². The summed E-state index contributed by atoms with van der Waals surface area (Å²) >= 11 is 0. The maximum Gasteiger partial charge on any atom is 0.220 e. The van der Waals surface area contributed by atoms with Gasteiger partial charge in [-0.2, -0.15) is 0 Å². The maximum absolute atomic E-state index is 11.7. The number of nitrogens with zero attached hydrogens (tertiary/aromatic N) is 1. The number of unbranched alkanes of at least 4 members (excludes halogenated alkanes) is 1. The Balaban J connectivity index is 2.11. The standard InChI is InChI=1S/C16H27N3O/c1-19(2)13-7-6-12-18-16(20)11-10-15(17)14-8-4-3-5-9-14/h3-5,8-9,15H,6-7,10-13,17H2,1-2H3,(H,18,20). The lowest BCUT2D eigenvalue weighted by Gasteiger charge is -2.12. The molecule has 1 aromatic rings. The van der Waals surface area contributed by atoms with Crippen molar-refractivity contribution >= 4 is 5.91 Å². The Morgan fingerprint density at radius 2 is 1.95 bits per heavy atom. The van der Waals surface area contributed by atoms with Gasteiger partial charge in [0.05, 0.1) is 0 Å². The Morgan fingerprint density at radius 1 is 1.25 bits per heavy atom. The predicted molar refractivity (Wildman–Crippen MR) is 83.4 cm³/mol. The first-order chi connectivity index (χ1) is 9.59. The smallest absolute Gasteiger partial charge is 0.220 e. The molecule has 1 unspecified atom stereocenters. The van der Waals surface area contributed by atoms with Crippen LogP contribution in [0, 0.1) is 0 Å². The second-order valence-electron chi connectivity index (χ2n) is 5.42. The monoisotopic (exact) mass is 277 g/mol. The van der Waals surface area contributed by atoms with Crippen LogP contribution in [0.1, 0.15) is 37.3 Å². The van der Waals surface area contributed by atoms with Crippen molar-refractivity contribution in [3.05, 3.63) is 35.9 Å². The lowest BCUT2D eigenvalue weighted by Crippen LogP contribution is -2.26. The molecule has 0 saturated heterocycles. The molecule has 3 N–H and O–H groups in total. The van der Waals surface area contributed by atoms with Gasteiger partial charge < -0.3 is 16.0 Å². The Morgan fingerprint density at radius 3 is 2.60 bits per heavy atom. The zero-order valence-electron chi connectivity index (χ0n) is 12.6. The molecule has 1 rings (SSSR count). The van der Waals surface area contributed by atoms with Gasteiger partial charge in [-0.1, -0.05) is 30.3 Å². The van der Waals surface area contributed by atoms with E-state index in [0.717, 1.165) is 31.5 Å². The number of hydrogen-bond donors (Lipinski definition) is 2. The predicted octanol–water partition coefficient (Wildman–Crippen LogP) is 1.92. The van der Waals surface area contributed by atoms with E-state index >= 15 is 0 Å². The van der Waals surface area contributed by atoms with Crippen LogP contribution in [0.15, 0.2) is 30.3 Å². The van der Waals surface area contributed by atoms with Crippen LogP contribution in [0.5, 0.6) is 0 Å². The fourth-order valence-corrected chi connectivity index (χ4v) is 2.02. The molecule has 0 spiro atoms. The summed E-state index contributed by atoms with van der Waals surface area (Å²) in [7, 11) is 4.12. The highest BCUT2D eigenvalue weighted by Crippen LogP contribution is 2.14. The van der Waals surface area contributed by atoms with Crippen molar-refractivity contribution in [2.75, 3.05) is 27.2 Å². The maximum atomic E-state index is 11.7. The SMILES string of the molecule is CN(C)CCCCNC(=O)CCC(N)c1ccccc1. The molecule has 0 aliphatic carbocycles. The lowest BCUT2D eigenvalue weighted by molar-refractivity contribution is -0.121. The molecule has 0 saturated carbocycles. The molecule has 0 aromatic heterocycles. The van der Waals surface area contributed by atoms with Gasteiger partial charge in [0.15, 0.2) is 0 Å². The van der Waals surface area contributed by atoms with Crippen molar-refractivity contribution in [1.29, 1.82) is 0 Å². The van der Waals surface area contributed by atoms with E-state index in [4.69, 9.17) is 5.73 Å². The van der Waals surface area contributed by atoms with E-state index in [1.54, 1.807) is 0 Å². The molecule has 1 atom stereocenters. The molecule has 0 aliphatic rings. The number of carbonyl (C=O) groups excluding carboxylic acids is 1. The van der Waals surface area contributed by atoms with Crippen molar-refractivity contribution in [2.45, 2.75) is 31.7 Å². The molecule has 0 aliphatic heterocycles. The van der Waals surface area contributed by atoms with Gasteiger partial charge in [0, 0.05) is 19.0 Å². The van der Waals surface area contributed by atoms with Crippen LogP contribution in [0.3, 0.4) is 0 Å².